The van der Waals surface area contributed by atoms with Crippen LogP contribution in [0.3, 0.4) is 0 Å². The zero-order valence-electron chi connectivity index (χ0n) is 16.7. The first-order valence-corrected chi connectivity index (χ1v) is 8.92. The van der Waals surface area contributed by atoms with Crippen LogP contribution in [0.2, 0.25) is 0 Å². The second kappa shape index (κ2) is 8.37. The third-order valence-electron chi connectivity index (χ3n) is 4.59. The van der Waals surface area contributed by atoms with E-state index in [1.807, 2.05) is 62.6 Å². The van der Waals surface area contributed by atoms with Crippen LogP contribution in [0.25, 0.3) is 0 Å². The van der Waals surface area contributed by atoms with E-state index >= 15 is 0 Å². The SMILES string of the molecule is COc1ccccc1C(CNC(=O)c1ccc(C(C)(C)C)cc1)N(C)C. The van der Waals surface area contributed by atoms with Crippen LogP contribution in [0.15, 0.2) is 48.5 Å². The third kappa shape index (κ3) is 4.85. The Morgan fingerprint density at radius 1 is 1.08 bits per heavy atom. The number of para-hydroxylation sites is 1. The van der Waals surface area contributed by atoms with Gasteiger partial charge in [-0.2, -0.15) is 0 Å². The number of nitrogens with one attached hydrogen (secondary N) is 1. The van der Waals surface area contributed by atoms with Crippen molar-refractivity contribution in [2.75, 3.05) is 27.7 Å². The van der Waals surface area contributed by atoms with E-state index < -0.39 is 0 Å². The Morgan fingerprint density at radius 3 is 2.23 bits per heavy atom. The van der Waals surface area contributed by atoms with E-state index in [9.17, 15) is 4.79 Å². The lowest BCUT2D eigenvalue weighted by molar-refractivity contribution is 0.0941. The Balaban J connectivity index is 2.10. The first kappa shape index (κ1) is 20.0. The minimum absolute atomic E-state index is 0.0314. The molecule has 4 heteroatoms. The van der Waals surface area contributed by atoms with E-state index in [0.717, 1.165) is 11.3 Å². The van der Waals surface area contributed by atoms with Gasteiger partial charge in [-0.15, -0.1) is 0 Å². The topological polar surface area (TPSA) is 41.6 Å². The van der Waals surface area contributed by atoms with E-state index in [2.05, 4.69) is 31.0 Å². The molecule has 140 valence electrons. The van der Waals surface area contributed by atoms with E-state index in [1.54, 1.807) is 7.11 Å². The van der Waals surface area contributed by atoms with Gasteiger partial charge in [0.2, 0.25) is 0 Å². The Kier molecular flexibility index (Phi) is 6.43. The predicted molar refractivity (Wildman–Crippen MR) is 107 cm³/mol. The van der Waals surface area contributed by atoms with Crippen LogP contribution in [0, 0.1) is 0 Å². The zero-order valence-corrected chi connectivity index (χ0v) is 16.7. The molecule has 0 bridgehead atoms. The van der Waals surface area contributed by atoms with Crippen LogP contribution in [0.5, 0.6) is 5.75 Å². The Bertz CT molecular complexity index is 731. The molecule has 1 atom stereocenters. The van der Waals surface area contributed by atoms with Crippen LogP contribution >= 0.6 is 0 Å². The van der Waals surface area contributed by atoms with Crippen molar-refractivity contribution in [3.8, 4) is 5.75 Å². The van der Waals surface area contributed by atoms with Crippen molar-refractivity contribution < 1.29 is 9.53 Å². The summed E-state index contributed by atoms with van der Waals surface area (Å²) >= 11 is 0. The fourth-order valence-corrected chi connectivity index (χ4v) is 2.93. The fraction of sp³-hybridized carbons (Fsp3) is 0.409. The average molecular weight is 354 g/mol. The number of ether oxygens (including phenoxy) is 1. The van der Waals surface area contributed by atoms with Crippen LogP contribution < -0.4 is 10.1 Å². The number of methoxy groups -OCH3 is 1. The summed E-state index contributed by atoms with van der Waals surface area (Å²) in [6, 6.07) is 15.8. The van der Waals surface area contributed by atoms with Gasteiger partial charge in [-0.3, -0.25) is 4.79 Å². The average Bonchev–Trinajstić information content (AvgIpc) is 2.61. The second-order valence-corrected chi connectivity index (χ2v) is 7.76. The molecule has 0 aliphatic carbocycles. The van der Waals surface area contributed by atoms with Gasteiger partial charge in [-0.05, 0) is 43.3 Å². The summed E-state index contributed by atoms with van der Waals surface area (Å²) in [6.45, 7) is 7.00. The van der Waals surface area contributed by atoms with E-state index in [0.29, 0.717) is 12.1 Å². The molecule has 0 spiro atoms. The van der Waals surface area contributed by atoms with Crippen molar-refractivity contribution in [3.05, 3.63) is 65.2 Å². The molecule has 0 aromatic heterocycles. The maximum atomic E-state index is 12.6. The van der Waals surface area contributed by atoms with Gasteiger partial charge in [0.05, 0.1) is 13.2 Å². The molecule has 0 heterocycles. The molecule has 0 aliphatic rings. The minimum Gasteiger partial charge on any atom is -0.496 e. The van der Waals surface area contributed by atoms with Crippen molar-refractivity contribution in [1.82, 2.24) is 10.2 Å². The molecule has 4 nitrogen and oxygen atoms in total. The molecule has 2 aromatic rings. The molecule has 1 unspecified atom stereocenters. The van der Waals surface area contributed by atoms with E-state index in [4.69, 9.17) is 4.74 Å². The molecule has 0 fully saturated rings. The fourth-order valence-electron chi connectivity index (χ4n) is 2.93. The van der Waals surface area contributed by atoms with Gasteiger partial charge >= 0.3 is 0 Å². The van der Waals surface area contributed by atoms with Gasteiger partial charge in [-0.25, -0.2) is 0 Å². The van der Waals surface area contributed by atoms with Crippen molar-refractivity contribution in [2.24, 2.45) is 0 Å². The van der Waals surface area contributed by atoms with Gasteiger partial charge in [0, 0.05) is 17.7 Å². The number of hydrogen-bond acceptors (Lipinski definition) is 3. The maximum Gasteiger partial charge on any atom is 0.251 e. The summed E-state index contributed by atoms with van der Waals surface area (Å²) < 4.78 is 5.47. The molecule has 0 saturated heterocycles. The summed E-state index contributed by atoms with van der Waals surface area (Å²) in [7, 11) is 5.67. The Hall–Kier alpha value is -2.33. The molecule has 26 heavy (non-hydrogen) atoms. The normalized spacial score (nSPS) is 12.7. The number of rotatable bonds is 6. The van der Waals surface area contributed by atoms with E-state index in [-0.39, 0.29) is 17.4 Å². The lowest BCUT2D eigenvalue weighted by Gasteiger charge is -2.26. The van der Waals surface area contributed by atoms with Crippen LogP contribution in [0.4, 0.5) is 0 Å². The van der Waals surface area contributed by atoms with Crippen molar-refractivity contribution in [3.63, 3.8) is 0 Å². The quantitative estimate of drug-likeness (QED) is 0.852. The number of likely N-dealkylation sites (N-methyl/N-ethyl adjacent to an activating group) is 1. The number of amides is 1. The maximum absolute atomic E-state index is 12.6. The molecule has 1 N–H and O–H groups in total. The molecule has 0 radical (unpaired) electrons. The van der Waals surface area contributed by atoms with Crippen molar-refractivity contribution >= 4 is 5.91 Å². The number of hydrogen-bond donors (Lipinski definition) is 1. The standard InChI is InChI=1S/C22H30N2O2/c1-22(2,3)17-13-11-16(12-14-17)21(25)23-15-19(24(4)5)18-9-7-8-10-20(18)26-6/h7-14,19H,15H2,1-6H3,(H,23,25). The van der Waals surface area contributed by atoms with Crippen molar-refractivity contribution in [1.29, 1.82) is 0 Å². The number of carbonyl (C=O) groups is 1. The van der Waals surface area contributed by atoms with Gasteiger partial charge < -0.3 is 15.0 Å². The van der Waals surface area contributed by atoms with Gasteiger partial charge in [0.1, 0.15) is 5.75 Å². The number of nitrogens with zero attached hydrogens (tertiary/aromatic N) is 1. The molecular weight excluding hydrogens is 324 g/mol. The molecule has 0 aliphatic heterocycles. The molecular formula is C22H30N2O2. The molecule has 0 saturated carbocycles. The summed E-state index contributed by atoms with van der Waals surface area (Å²) in [4.78, 5) is 14.6. The smallest absolute Gasteiger partial charge is 0.251 e. The highest BCUT2D eigenvalue weighted by Crippen LogP contribution is 2.27. The highest BCUT2D eigenvalue weighted by Gasteiger charge is 2.20. The Labute approximate surface area is 157 Å². The third-order valence-corrected chi connectivity index (χ3v) is 4.59. The van der Waals surface area contributed by atoms with Gasteiger partial charge in [0.15, 0.2) is 0 Å². The number of benzene rings is 2. The highest BCUT2D eigenvalue weighted by molar-refractivity contribution is 5.94. The minimum atomic E-state index is -0.0628. The zero-order chi connectivity index (χ0) is 19.3. The summed E-state index contributed by atoms with van der Waals surface area (Å²) in [5, 5.41) is 3.05. The molecule has 1 amide bonds. The summed E-state index contributed by atoms with van der Waals surface area (Å²) in [6.07, 6.45) is 0. The van der Waals surface area contributed by atoms with Gasteiger partial charge in [0.25, 0.3) is 5.91 Å². The van der Waals surface area contributed by atoms with Crippen LogP contribution in [-0.2, 0) is 5.41 Å². The van der Waals surface area contributed by atoms with E-state index in [1.165, 1.54) is 5.56 Å². The second-order valence-electron chi connectivity index (χ2n) is 7.76. The first-order valence-electron chi connectivity index (χ1n) is 8.92. The van der Waals surface area contributed by atoms with Gasteiger partial charge in [-0.1, -0.05) is 51.1 Å². The number of carbonyl (C=O) groups excluding carboxylic acids is 1. The van der Waals surface area contributed by atoms with Crippen LogP contribution in [-0.4, -0.2) is 38.6 Å². The lowest BCUT2D eigenvalue weighted by Crippen LogP contribution is -2.34. The largest absolute Gasteiger partial charge is 0.496 e. The first-order chi connectivity index (χ1) is 12.2. The molecule has 2 rings (SSSR count). The molecule has 2 aromatic carbocycles. The monoisotopic (exact) mass is 354 g/mol. The summed E-state index contributed by atoms with van der Waals surface area (Å²) in [5.41, 5.74) is 3.03. The van der Waals surface area contributed by atoms with Crippen LogP contribution in [0.1, 0.15) is 48.3 Å². The summed E-state index contributed by atoms with van der Waals surface area (Å²) in [5.74, 6) is 0.766. The highest BCUT2D eigenvalue weighted by atomic mass is 16.5. The van der Waals surface area contributed by atoms with Crippen molar-refractivity contribution in [2.45, 2.75) is 32.2 Å². The Morgan fingerprint density at radius 2 is 1.69 bits per heavy atom. The predicted octanol–water partition coefficient (Wildman–Crippen LogP) is 4.03. The lowest BCUT2D eigenvalue weighted by atomic mass is 9.87.